The van der Waals surface area contributed by atoms with Gasteiger partial charge in [-0.25, -0.2) is 4.98 Å². The number of benzene rings is 1. The van der Waals surface area contributed by atoms with Gasteiger partial charge in [-0.1, -0.05) is 15.9 Å². The molecule has 1 aromatic carbocycles. The first-order valence-corrected chi connectivity index (χ1v) is 8.00. The van der Waals surface area contributed by atoms with Gasteiger partial charge in [0, 0.05) is 30.1 Å². The van der Waals surface area contributed by atoms with Crippen molar-refractivity contribution < 1.29 is 4.79 Å². The van der Waals surface area contributed by atoms with Crippen molar-refractivity contribution in [1.29, 1.82) is 0 Å². The number of rotatable bonds is 2. The Bertz CT molecular complexity index is 780. The van der Waals surface area contributed by atoms with Crippen molar-refractivity contribution in [3.05, 3.63) is 39.4 Å². The van der Waals surface area contributed by atoms with Gasteiger partial charge in [0.2, 0.25) is 5.91 Å². The lowest BCUT2D eigenvalue weighted by Gasteiger charge is -2.32. The summed E-state index contributed by atoms with van der Waals surface area (Å²) in [5.41, 5.74) is 0.440. The maximum absolute atomic E-state index is 12.5. The van der Waals surface area contributed by atoms with E-state index < -0.39 is 0 Å². The fraction of sp³-hybridized carbons (Fsp3) is 0.400. The van der Waals surface area contributed by atoms with E-state index in [4.69, 9.17) is 0 Å². The number of amides is 1. The molecule has 0 bridgehead atoms. The highest BCUT2D eigenvalue weighted by atomic mass is 79.9. The lowest BCUT2D eigenvalue weighted by molar-refractivity contribution is -0.133. The van der Waals surface area contributed by atoms with Gasteiger partial charge in [-0.05, 0) is 25.1 Å². The average molecular weight is 402 g/mol. The molecule has 3 rings (SSSR count). The maximum atomic E-state index is 12.5. The molecule has 1 aliphatic heterocycles. The van der Waals surface area contributed by atoms with E-state index in [-0.39, 0.29) is 36.5 Å². The van der Waals surface area contributed by atoms with E-state index in [0.717, 1.165) is 11.0 Å². The van der Waals surface area contributed by atoms with E-state index in [9.17, 15) is 9.59 Å². The van der Waals surface area contributed by atoms with Crippen molar-refractivity contribution in [2.24, 2.45) is 0 Å². The monoisotopic (exact) mass is 400 g/mol. The van der Waals surface area contributed by atoms with Crippen LogP contribution in [0.2, 0.25) is 0 Å². The fourth-order valence-corrected chi connectivity index (χ4v) is 3.01. The molecule has 0 saturated carbocycles. The minimum atomic E-state index is -0.192. The molecule has 0 radical (unpaired) electrons. The molecule has 6 nitrogen and oxygen atoms in total. The minimum absolute atomic E-state index is 0. The van der Waals surface area contributed by atoms with Crippen LogP contribution >= 0.6 is 28.3 Å². The van der Waals surface area contributed by atoms with Crippen molar-refractivity contribution in [1.82, 2.24) is 19.8 Å². The van der Waals surface area contributed by atoms with Crippen molar-refractivity contribution >= 4 is 45.1 Å². The molecule has 1 fully saturated rings. The van der Waals surface area contributed by atoms with Gasteiger partial charge >= 0.3 is 0 Å². The SMILES string of the molecule is CC1CN(C(=O)Cn2cnc3ccc(Br)cc3c2=O)CCN1.Cl. The first-order valence-electron chi connectivity index (χ1n) is 7.20. The number of nitrogens with one attached hydrogen (secondary N) is 1. The van der Waals surface area contributed by atoms with E-state index in [1.165, 1.54) is 10.9 Å². The van der Waals surface area contributed by atoms with Gasteiger partial charge in [0.1, 0.15) is 6.54 Å². The van der Waals surface area contributed by atoms with E-state index >= 15 is 0 Å². The van der Waals surface area contributed by atoms with Crippen molar-refractivity contribution in [3.63, 3.8) is 0 Å². The lowest BCUT2D eigenvalue weighted by atomic mass is 10.2. The van der Waals surface area contributed by atoms with Crippen molar-refractivity contribution in [3.8, 4) is 0 Å². The largest absolute Gasteiger partial charge is 0.338 e. The van der Waals surface area contributed by atoms with Crippen LogP contribution in [0.1, 0.15) is 6.92 Å². The van der Waals surface area contributed by atoms with E-state index in [0.29, 0.717) is 24.0 Å². The Balaban J connectivity index is 0.00000192. The Morgan fingerprint density at radius 2 is 2.26 bits per heavy atom. The summed E-state index contributed by atoms with van der Waals surface area (Å²) in [6, 6.07) is 5.63. The van der Waals surface area contributed by atoms with Gasteiger partial charge in [-0.3, -0.25) is 14.2 Å². The fourth-order valence-electron chi connectivity index (χ4n) is 2.65. The standard InChI is InChI=1S/C15H17BrN4O2.ClH/c1-10-7-19(5-4-17-10)14(21)8-20-9-18-13-3-2-11(16)6-12(13)15(20)22;/h2-3,6,9-10,17H,4-5,7-8H2,1H3;1H. The summed E-state index contributed by atoms with van der Waals surface area (Å²) in [6.07, 6.45) is 1.45. The highest BCUT2D eigenvalue weighted by Gasteiger charge is 2.21. The summed E-state index contributed by atoms with van der Waals surface area (Å²) < 4.78 is 2.20. The van der Waals surface area contributed by atoms with Crippen molar-refractivity contribution in [2.45, 2.75) is 19.5 Å². The third-order valence-electron chi connectivity index (χ3n) is 3.81. The van der Waals surface area contributed by atoms with Gasteiger partial charge in [0.15, 0.2) is 0 Å². The molecule has 2 heterocycles. The van der Waals surface area contributed by atoms with Gasteiger partial charge < -0.3 is 10.2 Å². The van der Waals surface area contributed by atoms with Crippen molar-refractivity contribution in [2.75, 3.05) is 19.6 Å². The predicted molar refractivity (Wildman–Crippen MR) is 95.0 cm³/mol. The summed E-state index contributed by atoms with van der Waals surface area (Å²) in [6.45, 7) is 4.19. The number of fused-ring (bicyclic) bond motifs is 1. The normalized spacial score (nSPS) is 17.8. The lowest BCUT2D eigenvalue weighted by Crippen LogP contribution is -2.52. The molecule has 2 aromatic rings. The molecule has 23 heavy (non-hydrogen) atoms. The summed E-state index contributed by atoms with van der Waals surface area (Å²) in [7, 11) is 0. The highest BCUT2D eigenvalue weighted by molar-refractivity contribution is 9.10. The third kappa shape index (κ3) is 3.91. The van der Waals surface area contributed by atoms with Crippen LogP contribution in [0, 0.1) is 0 Å². The van der Waals surface area contributed by atoms with E-state index in [2.05, 4.69) is 26.2 Å². The molecule has 1 saturated heterocycles. The van der Waals surface area contributed by atoms with Crippen LogP contribution < -0.4 is 10.9 Å². The number of hydrogen-bond acceptors (Lipinski definition) is 4. The van der Waals surface area contributed by atoms with Crippen LogP contribution in [-0.2, 0) is 11.3 Å². The van der Waals surface area contributed by atoms with Crippen LogP contribution in [-0.4, -0.2) is 46.0 Å². The zero-order valence-electron chi connectivity index (χ0n) is 12.7. The van der Waals surface area contributed by atoms with E-state index in [1.54, 1.807) is 17.0 Å². The second-order valence-corrected chi connectivity index (χ2v) is 6.45. The summed E-state index contributed by atoms with van der Waals surface area (Å²) in [5.74, 6) is -0.0494. The summed E-state index contributed by atoms with van der Waals surface area (Å²) in [4.78, 5) is 30.9. The molecule has 8 heteroatoms. The molecule has 1 amide bonds. The van der Waals surface area contributed by atoms with Crippen LogP contribution in [0.5, 0.6) is 0 Å². The Kier molecular flexibility index (Phi) is 5.78. The molecule has 1 unspecified atom stereocenters. The van der Waals surface area contributed by atoms with Crippen LogP contribution in [0.3, 0.4) is 0 Å². The molecule has 0 aliphatic carbocycles. The number of hydrogen-bond donors (Lipinski definition) is 1. The van der Waals surface area contributed by atoms with Gasteiger partial charge in [-0.2, -0.15) is 0 Å². The average Bonchev–Trinajstić information content (AvgIpc) is 2.50. The molecule has 124 valence electrons. The Morgan fingerprint density at radius 3 is 3.00 bits per heavy atom. The molecule has 1 atom stereocenters. The van der Waals surface area contributed by atoms with E-state index in [1.807, 2.05) is 13.0 Å². The molecular formula is C15H18BrClN4O2. The zero-order chi connectivity index (χ0) is 15.7. The quantitative estimate of drug-likeness (QED) is 0.826. The van der Waals surface area contributed by atoms with Crippen LogP contribution in [0.15, 0.2) is 33.8 Å². The number of piperazine rings is 1. The number of carbonyl (C=O) groups excluding carboxylic acids is 1. The molecular weight excluding hydrogens is 384 g/mol. The minimum Gasteiger partial charge on any atom is -0.338 e. The van der Waals surface area contributed by atoms with Crippen LogP contribution in [0.4, 0.5) is 0 Å². The zero-order valence-corrected chi connectivity index (χ0v) is 15.1. The first kappa shape index (κ1) is 17.9. The van der Waals surface area contributed by atoms with Crippen LogP contribution in [0.25, 0.3) is 10.9 Å². The topological polar surface area (TPSA) is 67.2 Å². The molecule has 1 aliphatic rings. The number of halogens is 2. The Labute approximate surface area is 148 Å². The smallest absolute Gasteiger partial charge is 0.261 e. The Hall–Kier alpha value is -1.44. The summed E-state index contributed by atoms with van der Waals surface area (Å²) in [5, 5.41) is 3.80. The van der Waals surface area contributed by atoms with Gasteiger partial charge in [0.05, 0.1) is 17.2 Å². The number of nitrogens with zero attached hydrogens (tertiary/aromatic N) is 3. The molecule has 1 aromatic heterocycles. The second-order valence-electron chi connectivity index (χ2n) is 5.53. The Morgan fingerprint density at radius 1 is 1.48 bits per heavy atom. The van der Waals surface area contributed by atoms with Gasteiger partial charge in [-0.15, -0.1) is 12.4 Å². The number of carbonyl (C=O) groups is 1. The maximum Gasteiger partial charge on any atom is 0.261 e. The second kappa shape index (κ2) is 7.42. The number of aromatic nitrogens is 2. The predicted octanol–water partition coefficient (Wildman–Crippen LogP) is 1.40. The summed E-state index contributed by atoms with van der Waals surface area (Å²) >= 11 is 3.35. The van der Waals surface area contributed by atoms with Gasteiger partial charge in [0.25, 0.3) is 5.56 Å². The first-order chi connectivity index (χ1) is 10.5. The molecule has 1 N–H and O–H groups in total. The third-order valence-corrected chi connectivity index (χ3v) is 4.31. The molecule has 0 spiro atoms. The highest BCUT2D eigenvalue weighted by Crippen LogP contribution is 2.14.